The third kappa shape index (κ3) is 5.17. The molecule has 0 amide bonds. The smallest absolute Gasteiger partial charge is 0.0692 e. The lowest BCUT2D eigenvalue weighted by Crippen LogP contribution is -2.48. The zero-order valence-corrected chi connectivity index (χ0v) is 18.6. The Bertz CT molecular complexity index is 396. The van der Waals surface area contributed by atoms with Gasteiger partial charge in [-0.15, -0.1) is 11.8 Å². The molecule has 8 unspecified atom stereocenters. The summed E-state index contributed by atoms with van der Waals surface area (Å²) in [5.41, 5.74) is 0.276. The van der Waals surface area contributed by atoms with Gasteiger partial charge in [0.05, 0.1) is 12.2 Å². The van der Waals surface area contributed by atoms with Crippen molar-refractivity contribution in [3.63, 3.8) is 0 Å². The summed E-state index contributed by atoms with van der Waals surface area (Å²) >= 11 is 1.90. The minimum Gasteiger partial charge on any atom is -0.392 e. The molecule has 148 valence electrons. The highest BCUT2D eigenvalue weighted by molar-refractivity contribution is 8.00. The Morgan fingerprint density at radius 1 is 0.640 bits per heavy atom. The fraction of sp³-hybridized carbons (Fsp3) is 1.00. The first-order valence-corrected chi connectivity index (χ1v) is 11.3. The van der Waals surface area contributed by atoms with Crippen molar-refractivity contribution in [3.8, 4) is 0 Å². The lowest BCUT2D eigenvalue weighted by Gasteiger charge is -2.48. The van der Waals surface area contributed by atoms with E-state index in [4.69, 9.17) is 0 Å². The third-order valence-corrected chi connectivity index (χ3v) is 8.38. The van der Waals surface area contributed by atoms with Crippen LogP contribution in [0.5, 0.6) is 0 Å². The van der Waals surface area contributed by atoms with E-state index < -0.39 is 0 Å². The normalized spacial score (nSPS) is 43.9. The van der Waals surface area contributed by atoms with Crippen LogP contribution in [0, 0.1) is 34.5 Å². The Labute approximate surface area is 160 Å². The maximum Gasteiger partial charge on any atom is 0.0692 e. The second-order valence-electron chi connectivity index (χ2n) is 11.3. The third-order valence-electron chi connectivity index (χ3n) is 6.74. The monoisotopic (exact) mass is 370 g/mol. The van der Waals surface area contributed by atoms with Gasteiger partial charge in [-0.25, -0.2) is 0 Å². The van der Waals surface area contributed by atoms with Gasteiger partial charge >= 0.3 is 0 Å². The molecule has 0 aromatic carbocycles. The van der Waals surface area contributed by atoms with Crippen LogP contribution in [0.25, 0.3) is 0 Å². The maximum atomic E-state index is 11.1. The van der Waals surface area contributed by atoms with Crippen molar-refractivity contribution in [2.24, 2.45) is 34.5 Å². The molecule has 0 heterocycles. The molecule has 2 nitrogen and oxygen atoms in total. The van der Waals surface area contributed by atoms with Gasteiger partial charge in [-0.05, 0) is 60.2 Å². The van der Waals surface area contributed by atoms with Gasteiger partial charge in [0, 0.05) is 10.5 Å². The summed E-state index contributed by atoms with van der Waals surface area (Å²) in [6, 6.07) is 0. The highest BCUT2D eigenvalue weighted by atomic mass is 32.2. The molecule has 0 aromatic heterocycles. The van der Waals surface area contributed by atoms with Crippen molar-refractivity contribution in [2.45, 2.75) is 104 Å². The molecule has 0 bridgehead atoms. The molecule has 0 radical (unpaired) electrons. The van der Waals surface area contributed by atoms with Crippen LogP contribution in [0.4, 0.5) is 0 Å². The zero-order valence-electron chi connectivity index (χ0n) is 17.7. The maximum absolute atomic E-state index is 11.1. The number of hydrogen-bond acceptors (Lipinski definition) is 3. The molecular formula is C22H42O2S. The fourth-order valence-corrected chi connectivity index (χ4v) is 7.19. The van der Waals surface area contributed by atoms with Gasteiger partial charge in [-0.1, -0.05) is 55.4 Å². The molecule has 0 spiro atoms. The van der Waals surface area contributed by atoms with E-state index in [-0.39, 0.29) is 33.5 Å². The summed E-state index contributed by atoms with van der Waals surface area (Å²) in [6.07, 6.45) is 3.90. The molecule has 2 fully saturated rings. The molecular weight excluding hydrogens is 328 g/mol. The van der Waals surface area contributed by atoms with E-state index in [0.717, 1.165) is 25.7 Å². The lowest BCUT2D eigenvalue weighted by atomic mass is 9.67. The molecule has 2 aliphatic rings. The summed E-state index contributed by atoms with van der Waals surface area (Å²) < 4.78 is 0. The molecule has 0 saturated heterocycles. The zero-order chi connectivity index (χ0) is 19.2. The van der Waals surface area contributed by atoms with E-state index in [0.29, 0.717) is 23.7 Å². The molecule has 0 aromatic rings. The van der Waals surface area contributed by atoms with Crippen LogP contribution < -0.4 is 0 Å². The van der Waals surface area contributed by atoms with Crippen molar-refractivity contribution >= 4 is 11.8 Å². The Morgan fingerprint density at radius 3 is 1.24 bits per heavy atom. The van der Waals surface area contributed by atoms with E-state index in [1.165, 1.54) is 0 Å². The number of thioether (sulfide) groups is 1. The first-order valence-electron chi connectivity index (χ1n) is 10.3. The quantitative estimate of drug-likeness (QED) is 0.687. The van der Waals surface area contributed by atoms with E-state index >= 15 is 0 Å². The van der Waals surface area contributed by atoms with Crippen LogP contribution in [0.2, 0.25) is 0 Å². The number of aliphatic hydroxyl groups excluding tert-OH is 2. The average Bonchev–Trinajstić information content (AvgIpc) is 2.43. The lowest BCUT2D eigenvalue weighted by molar-refractivity contribution is -0.00702. The average molecular weight is 371 g/mol. The van der Waals surface area contributed by atoms with Crippen LogP contribution >= 0.6 is 11.8 Å². The second-order valence-corrected chi connectivity index (χ2v) is 12.8. The highest BCUT2D eigenvalue weighted by Gasteiger charge is 2.46. The van der Waals surface area contributed by atoms with Gasteiger partial charge in [-0.3, -0.25) is 0 Å². The van der Waals surface area contributed by atoms with Crippen molar-refractivity contribution < 1.29 is 10.2 Å². The minimum absolute atomic E-state index is 0.138. The van der Waals surface area contributed by atoms with Crippen LogP contribution in [-0.2, 0) is 0 Å². The highest BCUT2D eigenvalue weighted by Crippen LogP contribution is 2.49. The van der Waals surface area contributed by atoms with Crippen LogP contribution in [0.15, 0.2) is 0 Å². The van der Waals surface area contributed by atoms with Gasteiger partial charge in [0.2, 0.25) is 0 Å². The minimum atomic E-state index is -0.251. The van der Waals surface area contributed by atoms with Crippen molar-refractivity contribution in [3.05, 3.63) is 0 Å². The van der Waals surface area contributed by atoms with Gasteiger partial charge in [0.15, 0.2) is 0 Å². The fourth-order valence-electron chi connectivity index (χ4n) is 5.16. The van der Waals surface area contributed by atoms with Crippen molar-refractivity contribution in [2.75, 3.05) is 0 Å². The van der Waals surface area contributed by atoms with E-state index in [2.05, 4.69) is 55.4 Å². The Kier molecular flexibility index (Phi) is 6.66. The summed E-state index contributed by atoms with van der Waals surface area (Å²) in [4.78, 5) is 0. The summed E-state index contributed by atoms with van der Waals surface area (Å²) in [5, 5.41) is 22.7. The summed E-state index contributed by atoms with van der Waals surface area (Å²) in [5.74, 6) is 2.01. The van der Waals surface area contributed by atoms with Crippen LogP contribution in [0.3, 0.4) is 0 Å². The molecule has 0 aliphatic heterocycles. The molecule has 2 aliphatic carbocycles. The molecule has 8 atom stereocenters. The largest absolute Gasteiger partial charge is 0.392 e. The molecule has 25 heavy (non-hydrogen) atoms. The predicted molar refractivity (Wildman–Crippen MR) is 110 cm³/mol. The van der Waals surface area contributed by atoms with Crippen LogP contribution in [-0.4, -0.2) is 32.9 Å². The molecule has 2 N–H and O–H groups in total. The predicted octanol–water partition coefficient (Wildman–Crippen LogP) is 5.36. The van der Waals surface area contributed by atoms with Crippen molar-refractivity contribution in [1.82, 2.24) is 0 Å². The summed E-state index contributed by atoms with van der Waals surface area (Å²) in [6.45, 7) is 18.2. The SMILES string of the molecule is CC1CC(SC2CC(C)CC(C(C)(C)C)C2O)C(O)C(C(C)(C)C)C1. The molecule has 3 heteroatoms. The standard InChI is InChI=1S/C22H42O2S/c1-13-9-15(21(3,4)5)19(23)17(11-13)25-18-12-14(2)10-16(20(18)24)22(6,7)8/h13-20,23-24H,9-12H2,1-8H3. The first kappa shape index (κ1) is 21.6. The Hall–Kier alpha value is 0.270. The topological polar surface area (TPSA) is 40.5 Å². The number of hydrogen-bond donors (Lipinski definition) is 2. The molecule has 2 rings (SSSR count). The molecule has 2 saturated carbocycles. The van der Waals surface area contributed by atoms with Crippen LogP contribution in [0.1, 0.15) is 81.1 Å². The Morgan fingerprint density at radius 2 is 0.960 bits per heavy atom. The van der Waals surface area contributed by atoms with Gasteiger partial charge in [0.25, 0.3) is 0 Å². The van der Waals surface area contributed by atoms with Gasteiger partial charge in [0.1, 0.15) is 0 Å². The number of rotatable bonds is 2. The number of aliphatic hydroxyl groups is 2. The van der Waals surface area contributed by atoms with Crippen molar-refractivity contribution in [1.29, 1.82) is 0 Å². The van der Waals surface area contributed by atoms with E-state index in [1.54, 1.807) is 0 Å². The van der Waals surface area contributed by atoms with E-state index in [1.807, 2.05) is 11.8 Å². The van der Waals surface area contributed by atoms with Gasteiger partial charge < -0.3 is 10.2 Å². The first-order chi connectivity index (χ1) is 11.3. The van der Waals surface area contributed by atoms with E-state index in [9.17, 15) is 10.2 Å². The second kappa shape index (κ2) is 7.72. The summed E-state index contributed by atoms with van der Waals surface area (Å²) in [7, 11) is 0. The van der Waals surface area contributed by atoms with Gasteiger partial charge in [-0.2, -0.15) is 0 Å². The Balaban J connectivity index is 2.13.